The molecular formula is C31H27F4N5O2. The molecule has 0 radical (unpaired) electrons. The van der Waals surface area contributed by atoms with Gasteiger partial charge in [-0.2, -0.15) is 13.2 Å². The number of pyridine rings is 1. The summed E-state index contributed by atoms with van der Waals surface area (Å²) in [5.41, 5.74) is 7.38. The van der Waals surface area contributed by atoms with Gasteiger partial charge in [-0.3, -0.25) is 9.88 Å². The van der Waals surface area contributed by atoms with Crippen LogP contribution in [0.1, 0.15) is 5.56 Å². The molecule has 216 valence electrons. The van der Waals surface area contributed by atoms with Crippen LogP contribution >= 0.6 is 0 Å². The van der Waals surface area contributed by atoms with Crippen LogP contribution in [-0.2, 0) is 11.3 Å². The van der Waals surface area contributed by atoms with Gasteiger partial charge in [-0.1, -0.05) is 48.5 Å². The minimum atomic E-state index is -5.08. The van der Waals surface area contributed by atoms with Gasteiger partial charge in [0.15, 0.2) is 0 Å². The van der Waals surface area contributed by atoms with Gasteiger partial charge in [0, 0.05) is 56.4 Å². The summed E-state index contributed by atoms with van der Waals surface area (Å²) in [7, 11) is 0. The normalized spacial score (nSPS) is 14.0. The lowest BCUT2D eigenvalue weighted by molar-refractivity contribution is -0.192. The van der Waals surface area contributed by atoms with Crippen LogP contribution in [0.4, 0.5) is 23.2 Å². The fourth-order valence-corrected chi connectivity index (χ4v) is 4.72. The molecule has 2 N–H and O–H groups in total. The van der Waals surface area contributed by atoms with Gasteiger partial charge >= 0.3 is 12.1 Å². The standard InChI is InChI=1S/C29H26FN5.C2HF3O2/c30-25-9-10-27-28(19-25)33-29(32-27)24-7-5-23(6-8-24)22-3-1-21(2-4-22)20-34-15-17-35(18-16-34)26-11-13-31-14-12-26;3-2(4,5)1(6)7/h1-14,19H,15-18,20H2,(H,32,33);(H,6,7). The Labute approximate surface area is 239 Å². The zero-order valence-electron chi connectivity index (χ0n) is 22.4. The fourth-order valence-electron chi connectivity index (χ4n) is 4.72. The summed E-state index contributed by atoms with van der Waals surface area (Å²) in [5, 5.41) is 7.12. The van der Waals surface area contributed by atoms with Gasteiger partial charge in [0.25, 0.3) is 0 Å². The van der Waals surface area contributed by atoms with E-state index in [2.05, 4.69) is 85.4 Å². The van der Waals surface area contributed by atoms with Crippen molar-refractivity contribution in [1.82, 2.24) is 19.9 Å². The first-order chi connectivity index (χ1) is 20.2. The molecular weight excluding hydrogens is 550 g/mol. The molecule has 0 amide bonds. The Morgan fingerprint density at radius 3 is 2.00 bits per heavy atom. The number of aliphatic carboxylic acids is 1. The molecule has 1 fully saturated rings. The zero-order valence-corrected chi connectivity index (χ0v) is 22.4. The van der Waals surface area contributed by atoms with E-state index in [1.54, 1.807) is 6.07 Å². The second-order valence-corrected chi connectivity index (χ2v) is 9.79. The number of aromatic amines is 1. The highest BCUT2D eigenvalue weighted by Gasteiger charge is 2.38. The highest BCUT2D eigenvalue weighted by molar-refractivity contribution is 5.80. The number of rotatable bonds is 5. The minimum absolute atomic E-state index is 0.265. The van der Waals surface area contributed by atoms with Crippen molar-refractivity contribution in [3.63, 3.8) is 0 Å². The summed E-state index contributed by atoms with van der Waals surface area (Å²) in [6.45, 7) is 5.15. The van der Waals surface area contributed by atoms with Crippen LogP contribution in [0.5, 0.6) is 0 Å². The molecule has 1 aliphatic rings. The second kappa shape index (κ2) is 12.4. The lowest BCUT2D eigenvalue weighted by atomic mass is 10.0. The number of hydrogen-bond donors (Lipinski definition) is 2. The average Bonchev–Trinajstić information content (AvgIpc) is 3.42. The van der Waals surface area contributed by atoms with E-state index in [9.17, 15) is 17.6 Å². The topological polar surface area (TPSA) is 85.4 Å². The number of H-pyrrole nitrogens is 1. The number of hydrogen-bond acceptors (Lipinski definition) is 5. The maximum Gasteiger partial charge on any atom is 0.490 e. The molecule has 2 aromatic heterocycles. The number of halogens is 4. The first-order valence-corrected chi connectivity index (χ1v) is 13.2. The summed E-state index contributed by atoms with van der Waals surface area (Å²) in [4.78, 5) is 25.7. The van der Waals surface area contributed by atoms with Gasteiger partial charge in [-0.25, -0.2) is 14.2 Å². The van der Waals surface area contributed by atoms with E-state index >= 15 is 0 Å². The molecule has 0 atom stereocenters. The number of nitrogens with one attached hydrogen (secondary N) is 1. The molecule has 5 aromatic rings. The quantitative estimate of drug-likeness (QED) is 0.236. The van der Waals surface area contributed by atoms with Crippen molar-refractivity contribution >= 4 is 22.7 Å². The van der Waals surface area contributed by atoms with Crippen molar-refractivity contribution in [2.45, 2.75) is 12.7 Å². The number of carboxylic acid groups (broad SMARTS) is 1. The van der Waals surface area contributed by atoms with E-state index in [4.69, 9.17) is 9.90 Å². The lowest BCUT2D eigenvalue weighted by Gasteiger charge is -2.36. The fraction of sp³-hybridized carbons (Fsp3) is 0.194. The Morgan fingerprint density at radius 2 is 1.40 bits per heavy atom. The minimum Gasteiger partial charge on any atom is -0.475 e. The Bertz CT molecular complexity index is 1630. The first-order valence-electron chi connectivity index (χ1n) is 13.2. The second-order valence-electron chi connectivity index (χ2n) is 9.79. The van der Waals surface area contributed by atoms with Gasteiger partial charge in [0.1, 0.15) is 11.6 Å². The molecule has 0 aliphatic carbocycles. The van der Waals surface area contributed by atoms with Gasteiger partial charge in [0.2, 0.25) is 0 Å². The third kappa shape index (κ3) is 7.10. The number of aromatic nitrogens is 3. The molecule has 42 heavy (non-hydrogen) atoms. The number of imidazole rings is 1. The number of piperazine rings is 1. The molecule has 0 bridgehead atoms. The number of fused-ring (bicyclic) bond motifs is 1. The van der Waals surface area contributed by atoms with Crippen molar-refractivity contribution < 1.29 is 27.5 Å². The largest absolute Gasteiger partial charge is 0.490 e. The highest BCUT2D eigenvalue weighted by atomic mass is 19.4. The smallest absolute Gasteiger partial charge is 0.475 e. The van der Waals surface area contributed by atoms with E-state index in [0.29, 0.717) is 5.52 Å². The lowest BCUT2D eigenvalue weighted by Crippen LogP contribution is -2.45. The van der Waals surface area contributed by atoms with Gasteiger partial charge in [-0.05, 0) is 47.0 Å². The van der Waals surface area contributed by atoms with E-state index in [-0.39, 0.29) is 5.82 Å². The zero-order chi connectivity index (χ0) is 29.7. The van der Waals surface area contributed by atoms with E-state index in [1.807, 2.05) is 12.4 Å². The molecule has 1 saturated heterocycles. The van der Waals surface area contributed by atoms with Crippen molar-refractivity contribution in [2.24, 2.45) is 0 Å². The number of carboxylic acids is 1. The summed E-state index contributed by atoms with van der Waals surface area (Å²) in [5.74, 6) is -2.28. The molecule has 7 nitrogen and oxygen atoms in total. The Kier molecular flexibility index (Phi) is 8.48. The number of nitrogens with zero attached hydrogens (tertiary/aromatic N) is 4. The number of anilines is 1. The maximum atomic E-state index is 13.5. The van der Waals surface area contributed by atoms with Crippen LogP contribution in [0.15, 0.2) is 91.3 Å². The number of benzene rings is 3. The van der Waals surface area contributed by atoms with Crippen molar-refractivity contribution in [1.29, 1.82) is 0 Å². The van der Waals surface area contributed by atoms with Crippen LogP contribution in [0.25, 0.3) is 33.5 Å². The number of alkyl halides is 3. The Hall–Kier alpha value is -4.77. The van der Waals surface area contributed by atoms with Crippen molar-refractivity contribution in [2.75, 3.05) is 31.1 Å². The van der Waals surface area contributed by atoms with Crippen LogP contribution in [-0.4, -0.2) is 63.3 Å². The monoisotopic (exact) mass is 577 g/mol. The van der Waals surface area contributed by atoms with Crippen LogP contribution in [0.2, 0.25) is 0 Å². The van der Waals surface area contributed by atoms with Gasteiger partial charge < -0.3 is 15.0 Å². The first kappa shape index (κ1) is 28.7. The summed E-state index contributed by atoms with van der Waals surface area (Å²) < 4.78 is 45.2. The van der Waals surface area contributed by atoms with Gasteiger partial charge in [-0.15, -0.1) is 0 Å². The number of carbonyl (C=O) groups is 1. The van der Waals surface area contributed by atoms with E-state index < -0.39 is 12.1 Å². The predicted octanol–water partition coefficient (Wildman–Crippen LogP) is 6.39. The van der Waals surface area contributed by atoms with E-state index in [1.165, 1.54) is 28.9 Å². The van der Waals surface area contributed by atoms with Crippen LogP contribution in [0, 0.1) is 5.82 Å². The van der Waals surface area contributed by atoms with E-state index in [0.717, 1.165) is 55.2 Å². The Morgan fingerprint density at radius 1 is 0.833 bits per heavy atom. The third-order valence-corrected chi connectivity index (χ3v) is 6.94. The van der Waals surface area contributed by atoms with Crippen LogP contribution < -0.4 is 4.90 Å². The average molecular weight is 578 g/mol. The summed E-state index contributed by atoms with van der Waals surface area (Å²) >= 11 is 0. The summed E-state index contributed by atoms with van der Waals surface area (Å²) in [6, 6.07) is 25.9. The van der Waals surface area contributed by atoms with Crippen LogP contribution in [0.3, 0.4) is 0 Å². The highest BCUT2D eigenvalue weighted by Crippen LogP contribution is 2.26. The molecule has 6 rings (SSSR count). The third-order valence-electron chi connectivity index (χ3n) is 6.94. The Balaban J connectivity index is 0.000000451. The molecule has 11 heteroatoms. The summed E-state index contributed by atoms with van der Waals surface area (Å²) in [6.07, 6.45) is -1.37. The molecule has 0 spiro atoms. The van der Waals surface area contributed by atoms with Crippen molar-refractivity contribution in [3.05, 3.63) is 103 Å². The molecule has 3 aromatic carbocycles. The van der Waals surface area contributed by atoms with Crippen molar-refractivity contribution in [3.8, 4) is 22.5 Å². The molecule has 0 unspecified atom stereocenters. The van der Waals surface area contributed by atoms with Gasteiger partial charge in [0.05, 0.1) is 11.0 Å². The molecule has 3 heterocycles. The molecule has 0 saturated carbocycles. The predicted molar refractivity (Wildman–Crippen MR) is 152 cm³/mol. The molecule has 1 aliphatic heterocycles. The maximum absolute atomic E-state index is 13.5. The SMILES string of the molecule is Fc1ccc2nc(-c3ccc(-c4ccc(CN5CCN(c6ccncc6)CC5)cc4)cc3)[nH]c2c1.O=C(O)C(F)(F)F.